The van der Waals surface area contributed by atoms with Crippen LogP contribution < -0.4 is 10.6 Å². The Morgan fingerprint density at radius 3 is 2.50 bits per heavy atom. The fraction of sp³-hybridized carbons (Fsp3) is 0.455. The number of hydrogen-bond donors (Lipinski definition) is 1. The maximum absolute atomic E-state index is 13.8. The van der Waals surface area contributed by atoms with E-state index in [1.807, 2.05) is 11.9 Å². The Morgan fingerprint density at radius 1 is 1.33 bits per heavy atom. The number of halogens is 1. The smallest absolute Gasteiger partial charge is 0.294 e. The van der Waals surface area contributed by atoms with Crippen LogP contribution in [0.25, 0.3) is 0 Å². The van der Waals surface area contributed by atoms with E-state index in [-0.39, 0.29) is 17.1 Å². The van der Waals surface area contributed by atoms with Crippen molar-refractivity contribution in [3.05, 3.63) is 28.1 Å². The molecule has 0 bridgehead atoms. The number of nitrogen functional groups attached to an aromatic ring is 1. The van der Waals surface area contributed by atoms with Crippen molar-refractivity contribution >= 4 is 17.1 Å². The number of piperazine rings is 1. The third kappa shape index (κ3) is 2.35. The fourth-order valence-electron chi connectivity index (χ4n) is 2.01. The van der Waals surface area contributed by atoms with Gasteiger partial charge in [-0.25, -0.2) is 4.39 Å². The van der Waals surface area contributed by atoms with Gasteiger partial charge in [-0.1, -0.05) is 0 Å². The van der Waals surface area contributed by atoms with Crippen molar-refractivity contribution in [3.8, 4) is 0 Å². The van der Waals surface area contributed by atoms with E-state index in [1.165, 1.54) is 6.07 Å². The van der Waals surface area contributed by atoms with E-state index < -0.39 is 10.7 Å². The lowest BCUT2D eigenvalue weighted by atomic mass is 10.2. The number of nitro benzene ring substituents is 1. The molecule has 1 aliphatic rings. The minimum Gasteiger partial charge on any atom is -0.393 e. The molecular formula is C11H15FN4O2. The average Bonchev–Trinajstić information content (AvgIpc) is 2.30. The van der Waals surface area contributed by atoms with Gasteiger partial charge in [0.25, 0.3) is 5.69 Å². The van der Waals surface area contributed by atoms with Crippen LogP contribution in [0.15, 0.2) is 12.1 Å². The lowest BCUT2D eigenvalue weighted by Gasteiger charge is -2.34. The summed E-state index contributed by atoms with van der Waals surface area (Å²) >= 11 is 0. The van der Waals surface area contributed by atoms with Crippen molar-refractivity contribution < 1.29 is 9.31 Å². The number of nitrogens with zero attached hydrogens (tertiary/aromatic N) is 3. The van der Waals surface area contributed by atoms with Crippen molar-refractivity contribution in [1.82, 2.24) is 4.90 Å². The van der Waals surface area contributed by atoms with Crippen LogP contribution in [0.1, 0.15) is 0 Å². The number of benzene rings is 1. The Hall–Kier alpha value is -1.89. The summed E-state index contributed by atoms with van der Waals surface area (Å²) in [6, 6.07) is 2.24. The molecule has 0 amide bonds. The molecule has 1 saturated heterocycles. The zero-order valence-electron chi connectivity index (χ0n) is 10.1. The standard InChI is InChI=1S/C11H15FN4O2/c1-14-2-4-15(5-3-14)10-7-11(16(17)18)9(13)6-8(10)12/h6-7H,2-5,13H2,1H3. The van der Waals surface area contributed by atoms with E-state index >= 15 is 0 Å². The molecule has 0 spiro atoms. The van der Waals surface area contributed by atoms with Gasteiger partial charge in [-0.15, -0.1) is 0 Å². The van der Waals surface area contributed by atoms with Gasteiger partial charge in [0.2, 0.25) is 0 Å². The highest BCUT2D eigenvalue weighted by atomic mass is 19.1. The number of nitro groups is 1. The van der Waals surface area contributed by atoms with E-state index in [1.54, 1.807) is 0 Å². The van der Waals surface area contributed by atoms with Gasteiger partial charge in [0, 0.05) is 38.3 Å². The largest absolute Gasteiger partial charge is 0.393 e. The quantitative estimate of drug-likeness (QED) is 0.485. The average molecular weight is 254 g/mol. The molecule has 0 atom stereocenters. The van der Waals surface area contributed by atoms with Crippen LogP contribution in [0.3, 0.4) is 0 Å². The second kappa shape index (κ2) is 4.77. The zero-order valence-corrected chi connectivity index (χ0v) is 10.1. The van der Waals surface area contributed by atoms with E-state index in [2.05, 4.69) is 4.90 Å². The Labute approximate surface area is 104 Å². The molecule has 1 aromatic rings. The predicted molar refractivity (Wildman–Crippen MR) is 67.2 cm³/mol. The van der Waals surface area contributed by atoms with Crippen molar-refractivity contribution in [2.75, 3.05) is 43.9 Å². The molecule has 98 valence electrons. The minimum absolute atomic E-state index is 0.143. The third-order valence-corrected chi connectivity index (χ3v) is 3.14. The van der Waals surface area contributed by atoms with Crippen LogP contribution in [0.2, 0.25) is 0 Å². The van der Waals surface area contributed by atoms with Crippen molar-refractivity contribution in [1.29, 1.82) is 0 Å². The first kappa shape index (κ1) is 12.6. The molecule has 0 aliphatic carbocycles. The zero-order chi connectivity index (χ0) is 13.3. The van der Waals surface area contributed by atoms with Crippen LogP contribution in [0.5, 0.6) is 0 Å². The molecule has 2 N–H and O–H groups in total. The van der Waals surface area contributed by atoms with Crippen LogP contribution in [-0.4, -0.2) is 43.0 Å². The maximum Gasteiger partial charge on any atom is 0.294 e. The molecule has 1 heterocycles. The van der Waals surface area contributed by atoms with E-state index in [9.17, 15) is 14.5 Å². The Balaban J connectivity index is 2.32. The van der Waals surface area contributed by atoms with Crippen molar-refractivity contribution in [2.45, 2.75) is 0 Å². The second-order valence-corrected chi connectivity index (χ2v) is 4.41. The number of rotatable bonds is 2. The van der Waals surface area contributed by atoms with Gasteiger partial charge in [0.05, 0.1) is 10.6 Å². The molecule has 0 unspecified atom stereocenters. The van der Waals surface area contributed by atoms with Gasteiger partial charge in [-0.05, 0) is 7.05 Å². The van der Waals surface area contributed by atoms with Crippen LogP contribution in [0, 0.1) is 15.9 Å². The van der Waals surface area contributed by atoms with E-state index in [4.69, 9.17) is 5.73 Å². The molecule has 1 aromatic carbocycles. The van der Waals surface area contributed by atoms with Crippen molar-refractivity contribution in [2.24, 2.45) is 0 Å². The third-order valence-electron chi connectivity index (χ3n) is 3.14. The molecule has 2 rings (SSSR count). The summed E-state index contributed by atoms with van der Waals surface area (Å²) in [5, 5.41) is 10.8. The fourth-order valence-corrected chi connectivity index (χ4v) is 2.01. The molecule has 7 heteroatoms. The van der Waals surface area contributed by atoms with Gasteiger partial charge >= 0.3 is 0 Å². The van der Waals surface area contributed by atoms with E-state index in [0.29, 0.717) is 13.1 Å². The first-order valence-electron chi connectivity index (χ1n) is 5.66. The number of hydrogen-bond acceptors (Lipinski definition) is 5. The summed E-state index contributed by atoms with van der Waals surface area (Å²) in [5.41, 5.74) is 5.30. The molecule has 6 nitrogen and oxygen atoms in total. The van der Waals surface area contributed by atoms with E-state index in [0.717, 1.165) is 19.2 Å². The first-order chi connectivity index (χ1) is 8.49. The summed E-state index contributed by atoms with van der Waals surface area (Å²) in [6.07, 6.45) is 0. The number of likely N-dealkylation sites (N-methyl/N-ethyl adjacent to an activating group) is 1. The maximum atomic E-state index is 13.8. The molecule has 0 aromatic heterocycles. The van der Waals surface area contributed by atoms with Gasteiger partial charge in [0.15, 0.2) is 0 Å². The topological polar surface area (TPSA) is 75.6 Å². The summed E-state index contributed by atoms with van der Waals surface area (Å²) in [4.78, 5) is 14.1. The summed E-state index contributed by atoms with van der Waals surface area (Å²) in [5.74, 6) is -0.511. The van der Waals surface area contributed by atoms with Crippen LogP contribution in [-0.2, 0) is 0 Å². The monoisotopic (exact) mass is 254 g/mol. The highest BCUT2D eigenvalue weighted by molar-refractivity contribution is 5.67. The number of anilines is 2. The Bertz CT molecular complexity index is 472. The SMILES string of the molecule is CN1CCN(c2cc([N+](=O)[O-])c(N)cc2F)CC1. The Kier molecular flexibility index (Phi) is 3.33. The summed E-state index contributed by atoms with van der Waals surface area (Å²) < 4.78 is 13.8. The van der Waals surface area contributed by atoms with Crippen molar-refractivity contribution in [3.63, 3.8) is 0 Å². The lowest BCUT2D eigenvalue weighted by molar-refractivity contribution is -0.383. The molecular weight excluding hydrogens is 239 g/mol. The molecule has 1 fully saturated rings. The minimum atomic E-state index is -0.589. The van der Waals surface area contributed by atoms with Gasteiger partial charge in [-0.3, -0.25) is 10.1 Å². The Morgan fingerprint density at radius 2 is 1.94 bits per heavy atom. The van der Waals surface area contributed by atoms with Crippen LogP contribution >= 0.6 is 0 Å². The lowest BCUT2D eigenvalue weighted by Crippen LogP contribution is -2.44. The van der Waals surface area contributed by atoms with Gasteiger partial charge in [-0.2, -0.15) is 0 Å². The second-order valence-electron chi connectivity index (χ2n) is 4.41. The highest BCUT2D eigenvalue weighted by Crippen LogP contribution is 2.30. The van der Waals surface area contributed by atoms with Gasteiger partial charge < -0.3 is 15.5 Å². The van der Waals surface area contributed by atoms with Crippen LogP contribution in [0.4, 0.5) is 21.5 Å². The summed E-state index contributed by atoms with van der Waals surface area (Å²) in [6.45, 7) is 2.90. The highest BCUT2D eigenvalue weighted by Gasteiger charge is 2.22. The molecule has 0 radical (unpaired) electrons. The summed E-state index contributed by atoms with van der Waals surface area (Å²) in [7, 11) is 1.99. The predicted octanol–water partition coefficient (Wildman–Crippen LogP) is 1.07. The van der Waals surface area contributed by atoms with Gasteiger partial charge in [0.1, 0.15) is 11.5 Å². The molecule has 0 saturated carbocycles. The first-order valence-corrected chi connectivity index (χ1v) is 5.66. The molecule has 18 heavy (non-hydrogen) atoms. The molecule has 1 aliphatic heterocycles. The normalized spacial score (nSPS) is 16.9. The number of nitrogens with two attached hydrogens (primary N) is 1.